The number of rotatable bonds is 3. The summed E-state index contributed by atoms with van der Waals surface area (Å²) in [6.45, 7) is 0.205. The Morgan fingerprint density at radius 3 is 2.67 bits per heavy atom. The van der Waals surface area contributed by atoms with E-state index in [9.17, 15) is 4.79 Å². The largest absolute Gasteiger partial charge is 0.349 e. The minimum Gasteiger partial charge on any atom is -0.349 e. The summed E-state index contributed by atoms with van der Waals surface area (Å²) < 4.78 is 0.633. The number of carbonyl (C=O) groups is 1. The van der Waals surface area contributed by atoms with Gasteiger partial charge < -0.3 is 5.32 Å². The van der Waals surface area contributed by atoms with Gasteiger partial charge in [0, 0.05) is 16.0 Å². The van der Waals surface area contributed by atoms with Gasteiger partial charge in [-0.05, 0) is 34.1 Å². The molecule has 0 saturated heterocycles. The molecule has 0 spiro atoms. The van der Waals surface area contributed by atoms with Gasteiger partial charge in [0.25, 0.3) is 5.91 Å². The SMILES string of the molecule is O=C(NCC(Cl)Cl)c1ccc(Cl)cc1Br. The van der Waals surface area contributed by atoms with Crippen LogP contribution in [0.3, 0.4) is 0 Å². The van der Waals surface area contributed by atoms with E-state index in [2.05, 4.69) is 21.2 Å². The van der Waals surface area contributed by atoms with E-state index in [1.165, 1.54) is 0 Å². The number of hydrogen-bond donors (Lipinski definition) is 1. The lowest BCUT2D eigenvalue weighted by atomic mass is 10.2. The van der Waals surface area contributed by atoms with Crippen molar-refractivity contribution in [1.29, 1.82) is 0 Å². The fourth-order valence-electron chi connectivity index (χ4n) is 0.939. The molecule has 0 aliphatic carbocycles. The highest BCUT2D eigenvalue weighted by Crippen LogP contribution is 2.21. The minimum atomic E-state index is -0.611. The van der Waals surface area contributed by atoms with Crippen molar-refractivity contribution in [3.63, 3.8) is 0 Å². The molecule has 0 atom stereocenters. The normalized spacial score (nSPS) is 10.5. The van der Waals surface area contributed by atoms with E-state index in [-0.39, 0.29) is 12.5 Å². The van der Waals surface area contributed by atoms with Crippen LogP contribution in [-0.2, 0) is 0 Å². The molecule has 2 nitrogen and oxygen atoms in total. The third-order valence-electron chi connectivity index (χ3n) is 1.59. The Morgan fingerprint density at radius 2 is 2.13 bits per heavy atom. The second-order valence-corrected chi connectivity index (χ2v) is 5.29. The monoisotopic (exact) mass is 329 g/mol. The lowest BCUT2D eigenvalue weighted by Gasteiger charge is -2.07. The van der Waals surface area contributed by atoms with Gasteiger partial charge in [-0.15, -0.1) is 23.2 Å². The molecule has 0 aliphatic rings. The Bertz CT molecular complexity index is 370. The second-order valence-electron chi connectivity index (χ2n) is 2.73. The van der Waals surface area contributed by atoms with Crippen LogP contribution in [0.1, 0.15) is 10.4 Å². The molecule has 1 N–H and O–H groups in total. The Labute approximate surface area is 111 Å². The molecule has 0 saturated carbocycles. The van der Waals surface area contributed by atoms with Crippen LogP contribution in [0.2, 0.25) is 5.02 Å². The van der Waals surface area contributed by atoms with E-state index in [1.807, 2.05) is 0 Å². The summed E-state index contributed by atoms with van der Waals surface area (Å²) in [4.78, 5) is 11.0. The standard InChI is InChI=1S/C9H7BrCl3NO/c10-7-3-5(11)1-2-6(7)9(15)14-4-8(12)13/h1-3,8H,4H2,(H,14,15). The van der Waals surface area contributed by atoms with Gasteiger partial charge in [0.05, 0.1) is 5.56 Å². The molecule has 1 amide bonds. The molecule has 0 radical (unpaired) electrons. The Morgan fingerprint density at radius 1 is 1.47 bits per heavy atom. The van der Waals surface area contributed by atoms with Crippen molar-refractivity contribution in [2.24, 2.45) is 0 Å². The smallest absolute Gasteiger partial charge is 0.252 e. The summed E-state index contributed by atoms with van der Waals surface area (Å²) in [5, 5.41) is 3.14. The number of halogens is 4. The molecule has 1 aromatic carbocycles. The molecule has 82 valence electrons. The minimum absolute atomic E-state index is 0.205. The highest BCUT2D eigenvalue weighted by atomic mass is 79.9. The third kappa shape index (κ3) is 4.19. The first-order valence-corrected chi connectivity index (χ1v) is 6.06. The molecular formula is C9H7BrCl3NO. The van der Waals surface area contributed by atoms with E-state index >= 15 is 0 Å². The van der Waals surface area contributed by atoms with Crippen molar-refractivity contribution in [2.75, 3.05) is 6.54 Å². The number of alkyl halides is 2. The lowest BCUT2D eigenvalue weighted by molar-refractivity contribution is 0.0954. The van der Waals surface area contributed by atoms with E-state index in [1.54, 1.807) is 18.2 Å². The highest BCUT2D eigenvalue weighted by Gasteiger charge is 2.10. The zero-order valence-electron chi connectivity index (χ0n) is 7.44. The molecule has 15 heavy (non-hydrogen) atoms. The molecular weight excluding hydrogens is 324 g/mol. The molecule has 0 aromatic heterocycles. The summed E-state index contributed by atoms with van der Waals surface area (Å²) in [7, 11) is 0. The van der Waals surface area contributed by atoms with Crippen LogP contribution in [0.4, 0.5) is 0 Å². The molecule has 6 heteroatoms. The van der Waals surface area contributed by atoms with Crippen LogP contribution in [0.15, 0.2) is 22.7 Å². The summed E-state index contributed by atoms with van der Waals surface area (Å²) >= 11 is 20.0. The second kappa shape index (κ2) is 5.94. The zero-order chi connectivity index (χ0) is 11.4. The van der Waals surface area contributed by atoms with Crippen molar-refractivity contribution in [1.82, 2.24) is 5.32 Å². The number of amides is 1. The van der Waals surface area contributed by atoms with Crippen LogP contribution in [0.5, 0.6) is 0 Å². The fraction of sp³-hybridized carbons (Fsp3) is 0.222. The first-order valence-electron chi connectivity index (χ1n) is 4.02. The molecule has 0 bridgehead atoms. The van der Waals surface area contributed by atoms with Gasteiger partial charge in [0.15, 0.2) is 0 Å². The first kappa shape index (κ1) is 13.1. The molecule has 0 fully saturated rings. The van der Waals surface area contributed by atoms with Gasteiger partial charge in [-0.2, -0.15) is 0 Å². The number of nitrogens with one attached hydrogen (secondary N) is 1. The van der Waals surface area contributed by atoms with Crippen LogP contribution in [0, 0.1) is 0 Å². The highest BCUT2D eigenvalue weighted by molar-refractivity contribution is 9.10. The van der Waals surface area contributed by atoms with E-state index < -0.39 is 4.84 Å². The third-order valence-corrected chi connectivity index (χ3v) is 2.79. The summed E-state index contributed by atoms with van der Waals surface area (Å²) in [5.41, 5.74) is 0.494. The van der Waals surface area contributed by atoms with Gasteiger partial charge >= 0.3 is 0 Å². The van der Waals surface area contributed by atoms with Crippen LogP contribution >= 0.6 is 50.7 Å². The van der Waals surface area contributed by atoms with Crippen molar-refractivity contribution < 1.29 is 4.79 Å². The van der Waals surface area contributed by atoms with E-state index in [0.29, 0.717) is 15.1 Å². The Hall–Kier alpha value is 0.0400. The zero-order valence-corrected chi connectivity index (χ0v) is 11.3. The Balaban J connectivity index is 2.74. The quantitative estimate of drug-likeness (QED) is 0.842. The van der Waals surface area contributed by atoms with Crippen LogP contribution in [0.25, 0.3) is 0 Å². The van der Waals surface area contributed by atoms with Crippen LogP contribution < -0.4 is 5.32 Å². The van der Waals surface area contributed by atoms with Crippen LogP contribution in [-0.4, -0.2) is 17.3 Å². The summed E-state index contributed by atoms with van der Waals surface area (Å²) in [6, 6.07) is 4.91. The van der Waals surface area contributed by atoms with Gasteiger partial charge in [-0.3, -0.25) is 4.79 Å². The van der Waals surface area contributed by atoms with Gasteiger partial charge in [-0.1, -0.05) is 11.6 Å². The number of hydrogen-bond acceptors (Lipinski definition) is 1. The summed E-state index contributed by atoms with van der Waals surface area (Å²) in [6.07, 6.45) is 0. The predicted molar refractivity (Wildman–Crippen MR) is 67.0 cm³/mol. The maximum Gasteiger partial charge on any atom is 0.252 e. The average Bonchev–Trinajstić information content (AvgIpc) is 2.14. The number of carbonyl (C=O) groups excluding carboxylic acids is 1. The molecule has 1 rings (SSSR count). The maximum atomic E-state index is 11.6. The van der Waals surface area contributed by atoms with Gasteiger partial charge in [0.1, 0.15) is 4.84 Å². The number of benzene rings is 1. The molecule has 0 unspecified atom stereocenters. The van der Waals surface area contributed by atoms with Gasteiger partial charge in [-0.25, -0.2) is 0 Å². The Kier molecular flexibility index (Phi) is 5.19. The fourth-order valence-corrected chi connectivity index (χ4v) is 1.96. The topological polar surface area (TPSA) is 29.1 Å². The average molecular weight is 331 g/mol. The van der Waals surface area contributed by atoms with Crippen molar-refractivity contribution in [3.05, 3.63) is 33.3 Å². The molecule has 0 heterocycles. The molecule has 0 aliphatic heterocycles. The maximum absolute atomic E-state index is 11.6. The van der Waals surface area contributed by atoms with E-state index in [0.717, 1.165) is 0 Å². The van der Waals surface area contributed by atoms with Gasteiger partial charge in [0.2, 0.25) is 0 Å². The lowest BCUT2D eigenvalue weighted by Crippen LogP contribution is -2.27. The van der Waals surface area contributed by atoms with Crippen molar-refractivity contribution in [3.8, 4) is 0 Å². The van der Waals surface area contributed by atoms with Crippen molar-refractivity contribution in [2.45, 2.75) is 4.84 Å². The molecule has 1 aromatic rings. The van der Waals surface area contributed by atoms with E-state index in [4.69, 9.17) is 34.8 Å². The van der Waals surface area contributed by atoms with Crippen molar-refractivity contribution >= 4 is 56.6 Å². The summed E-state index contributed by atoms with van der Waals surface area (Å²) in [5.74, 6) is -0.246. The predicted octanol–water partition coefficient (Wildman–Crippen LogP) is 3.64. The first-order chi connectivity index (χ1) is 7.00.